The van der Waals surface area contributed by atoms with E-state index >= 15 is 0 Å². The minimum atomic E-state index is -4.60. The number of hydrogen-bond donors (Lipinski definition) is 0. The van der Waals surface area contributed by atoms with E-state index in [2.05, 4.69) is 4.99 Å². The number of alkyl halides is 3. The van der Waals surface area contributed by atoms with Gasteiger partial charge in [0.1, 0.15) is 5.75 Å². The predicted octanol–water partition coefficient (Wildman–Crippen LogP) is 3.04. The van der Waals surface area contributed by atoms with Gasteiger partial charge in [-0.3, -0.25) is 0 Å². The van der Waals surface area contributed by atoms with Gasteiger partial charge in [-0.05, 0) is 18.2 Å². The van der Waals surface area contributed by atoms with Crippen LogP contribution in [0, 0.1) is 5.92 Å². The molecule has 2 unspecified atom stereocenters. The van der Waals surface area contributed by atoms with Crippen molar-refractivity contribution in [3.63, 3.8) is 0 Å². The Morgan fingerprint density at radius 1 is 1.47 bits per heavy atom. The van der Waals surface area contributed by atoms with Crippen LogP contribution in [0.4, 0.5) is 18.9 Å². The van der Waals surface area contributed by atoms with E-state index in [4.69, 9.17) is 9.47 Å². The maximum Gasteiger partial charge on any atom is 0.420 e. The van der Waals surface area contributed by atoms with Crippen LogP contribution in [0.3, 0.4) is 0 Å². The van der Waals surface area contributed by atoms with E-state index in [9.17, 15) is 18.0 Å². The first-order valence-corrected chi connectivity index (χ1v) is 5.49. The van der Waals surface area contributed by atoms with Crippen LogP contribution in [0.1, 0.15) is 12.5 Å². The molecule has 0 N–H and O–H groups in total. The molecule has 2 rings (SSSR count). The van der Waals surface area contributed by atoms with Crippen molar-refractivity contribution < 1.29 is 27.4 Å². The zero-order chi connectivity index (χ0) is 14.0. The van der Waals surface area contributed by atoms with E-state index in [1.165, 1.54) is 12.1 Å². The van der Waals surface area contributed by atoms with Crippen LogP contribution < -0.4 is 4.74 Å². The molecule has 1 aromatic carbocycles. The van der Waals surface area contributed by atoms with Crippen LogP contribution in [-0.4, -0.2) is 19.0 Å². The average molecular weight is 273 g/mol. The molecule has 1 fully saturated rings. The second-order valence-electron chi connectivity index (χ2n) is 4.18. The molecule has 0 saturated carbocycles. The molecule has 2 atom stereocenters. The average Bonchev–Trinajstić information content (AvgIpc) is 2.34. The van der Waals surface area contributed by atoms with E-state index in [0.29, 0.717) is 6.61 Å². The molecular weight excluding hydrogens is 263 g/mol. The molecule has 1 aliphatic heterocycles. The number of aliphatic imine (C=N–C) groups is 1. The summed E-state index contributed by atoms with van der Waals surface area (Å²) in [5.41, 5.74) is -1.12. The van der Waals surface area contributed by atoms with Gasteiger partial charge in [-0.1, -0.05) is 6.92 Å². The van der Waals surface area contributed by atoms with E-state index in [0.717, 1.165) is 12.1 Å². The summed E-state index contributed by atoms with van der Waals surface area (Å²) in [6.45, 7) is 2.27. The van der Waals surface area contributed by atoms with Crippen molar-refractivity contribution in [3.05, 3.63) is 23.8 Å². The Hall–Kier alpha value is -1.85. The van der Waals surface area contributed by atoms with Crippen molar-refractivity contribution in [2.24, 2.45) is 10.9 Å². The predicted molar refractivity (Wildman–Crippen MR) is 58.8 cm³/mol. The SMILES string of the molecule is CC1COC1Oc1ccc(N=C=O)cc1C(F)(F)F. The van der Waals surface area contributed by atoms with Crippen molar-refractivity contribution in [3.8, 4) is 5.75 Å². The molecule has 1 heterocycles. The highest BCUT2D eigenvalue weighted by Gasteiger charge is 2.37. The van der Waals surface area contributed by atoms with Crippen molar-refractivity contribution in [2.75, 3.05) is 6.61 Å². The minimum absolute atomic E-state index is 0.0359. The Morgan fingerprint density at radius 3 is 2.68 bits per heavy atom. The summed E-state index contributed by atoms with van der Waals surface area (Å²) in [6, 6.07) is 3.11. The second-order valence-corrected chi connectivity index (χ2v) is 4.18. The van der Waals surface area contributed by atoms with Gasteiger partial charge in [0.25, 0.3) is 0 Å². The quantitative estimate of drug-likeness (QED) is 0.628. The number of carbonyl (C=O) groups excluding carboxylic acids is 1. The van der Waals surface area contributed by atoms with Gasteiger partial charge in [-0.15, -0.1) is 0 Å². The molecule has 19 heavy (non-hydrogen) atoms. The summed E-state index contributed by atoms with van der Waals surface area (Å²) < 4.78 is 48.8. The summed E-state index contributed by atoms with van der Waals surface area (Å²) in [5, 5.41) is 0. The van der Waals surface area contributed by atoms with Gasteiger partial charge >= 0.3 is 6.18 Å². The van der Waals surface area contributed by atoms with Crippen LogP contribution in [0.25, 0.3) is 0 Å². The van der Waals surface area contributed by atoms with Gasteiger partial charge in [-0.25, -0.2) is 4.79 Å². The molecule has 0 bridgehead atoms. The molecule has 0 aliphatic carbocycles. The lowest BCUT2D eigenvalue weighted by Gasteiger charge is -2.34. The number of rotatable bonds is 3. The molecule has 0 aromatic heterocycles. The highest BCUT2D eigenvalue weighted by molar-refractivity contribution is 5.54. The van der Waals surface area contributed by atoms with E-state index in [1.54, 1.807) is 0 Å². The molecule has 0 spiro atoms. The molecule has 0 amide bonds. The second kappa shape index (κ2) is 5.03. The topological polar surface area (TPSA) is 47.9 Å². The molecule has 1 saturated heterocycles. The van der Waals surface area contributed by atoms with Gasteiger partial charge in [0, 0.05) is 5.92 Å². The largest absolute Gasteiger partial charge is 0.464 e. The van der Waals surface area contributed by atoms with E-state index in [-0.39, 0.29) is 17.4 Å². The van der Waals surface area contributed by atoms with Crippen LogP contribution in [0.5, 0.6) is 5.75 Å². The van der Waals surface area contributed by atoms with Gasteiger partial charge in [0.2, 0.25) is 12.4 Å². The van der Waals surface area contributed by atoms with E-state index in [1.807, 2.05) is 6.92 Å². The lowest BCUT2D eigenvalue weighted by atomic mass is 10.1. The fourth-order valence-electron chi connectivity index (χ4n) is 1.61. The summed E-state index contributed by atoms with van der Waals surface area (Å²) in [6.07, 6.45) is -4.09. The molecule has 102 valence electrons. The van der Waals surface area contributed by atoms with Gasteiger partial charge in [0.05, 0.1) is 17.9 Å². The number of hydrogen-bond acceptors (Lipinski definition) is 4. The maximum absolute atomic E-state index is 12.9. The summed E-state index contributed by atoms with van der Waals surface area (Å²) in [7, 11) is 0. The van der Waals surface area contributed by atoms with Crippen molar-refractivity contribution in [2.45, 2.75) is 19.4 Å². The van der Waals surface area contributed by atoms with Gasteiger partial charge < -0.3 is 9.47 Å². The molecule has 4 nitrogen and oxygen atoms in total. The van der Waals surface area contributed by atoms with Crippen LogP contribution in [0.15, 0.2) is 23.2 Å². The summed E-state index contributed by atoms with van der Waals surface area (Å²) in [5.74, 6) is -0.303. The number of nitrogens with zero attached hydrogens (tertiary/aromatic N) is 1. The lowest BCUT2D eigenvalue weighted by Crippen LogP contribution is -2.42. The molecule has 0 radical (unpaired) electrons. The summed E-state index contributed by atoms with van der Waals surface area (Å²) in [4.78, 5) is 13.2. The first kappa shape index (κ1) is 13.6. The smallest absolute Gasteiger partial charge is 0.420 e. The third-order valence-corrected chi connectivity index (χ3v) is 2.67. The number of halogens is 3. The Labute approximate surface area is 106 Å². The Balaban J connectivity index is 2.33. The zero-order valence-corrected chi connectivity index (χ0v) is 9.90. The highest BCUT2D eigenvalue weighted by atomic mass is 19.4. The summed E-state index contributed by atoms with van der Waals surface area (Å²) >= 11 is 0. The Kier molecular flexibility index (Phi) is 3.59. The number of isocyanates is 1. The van der Waals surface area contributed by atoms with Crippen molar-refractivity contribution in [1.29, 1.82) is 0 Å². The standard InChI is InChI=1S/C12H10F3NO3/c1-7-5-18-11(7)19-10-3-2-8(16-6-17)4-9(10)12(13,14)15/h2-4,7,11H,5H2,1H3. The van der Waals surface area contributed by atoms with Gasteiger partial charge in [-0.2, -0.15) is 18.2 Å². The fraction of sp³-hybridized carbons (Fsp3) is 0.417. The Bertz CT molecular complexity index is 523. The Morgan fingerprint density at radius 2 is 2.21 bits per heavy atom. The third-order valence-electron chi connectivity index (χ3n) is 2.67. The van der Waals surface area contributed by atoms with Crippen LogP contribution in [0.2, 0.25) is 0 Å². The van der Waals surface area contributed by atoms with E-state index < -0.39 is 18.0 Å². The van der Waals surface area contributed by atoms with Crippen molar-refractivity contribution in [1.82, 2.24) is 0 Å². The highest BCUT2D eigenvalue weighted by Crippen LogP contribution is 2.39. The van der Waals surface area contributed by atoms with Gasteiger partial charge in [0.15, 0.2) is 0 Å². The molecule has 1 aliphatic rings. The fourth-order valence-corrected chi connectivity index (χ4v) is 1.61. The number of benzene rings is 1. The van der Waals surface area contributed by atoms with Crippen LogP contribution >= 0.6 is 0 Å². The third kappa shape index (κ3) is 2.94. The minimum Gasteiger partial charge on any atom is -0.464 e. The zero-order valence-electron chi connectivity index (χ0n) is 9.90. The first-order chi connectivity index (χ1) is 8.91. The molecule has 7 heteroatoms. The normalized spacial score (nSPS) is 22.3. The monoisotopic (exact) mass is 273 g/mol. The molecule has 1 aromatic rings. The first-order valence-electron chi connectivity index (χ1n) is 5.49. The lowest BCUT2D eigenvalue weighted by molar-refractivity contribution is -0.212. The number of ether oxygens (including phenoxy) is 2. The maximum atomic E-state index is 12.9. The van der Waals surface area contributed by atoms with Crippen LogP contribution in [-0.2, 0) is 15.7 Å². The van der Waals surface area contributed by atoms with Crippen molar-refractivity contribution >= 4 is 11.8 Å². The molecular formula is C12H10F3NO3.